The molecule has 2 unspecified atom stereocenters. The molecule has 3 rings (SSSR count). The standard InChI is InChI=1S/C19H23ClN2O2/c1-22(2)16(17-4-3-11-24-17)12-21-19(23)18(13-5-6-13)14-7-9-15(20)10-8-14/h3-4,7-11,13,16,18H,5-6,12H2,1-2H3,(H,21,23). The first-order chi connectivity index (χ1) is 11.6. The number of hydrogen-bond donors (Lipinski definition) is 1. The van der Waals surface area contributed by atoms with E-state index in [1.165, 1.54) is 0 Å². The second-order valence-electron chi connectivity index (χ2n) is 6.61. The number of amides is 1. The van der Waals surface area contributed by atoms with Gasteiger partial charge in [-0.15, -0.1) is 0 Å². The van der Waals surface area contributed by atoms with E-state index in [2.05, 4.69) is 5.32 Å². The fraction of sp³-hybridized carbons (Fsp3) is 0.421. The molecule has 0 aliphatic heterocycles. The highest BCUT2D eigenvalue weighted by Gasteiger charge is 2.37. The van der Waals surface area contributed by atoms with Crippen LogP contribution in [-0.4, -0.2) is 31.4 Å². The van der Waals surface area contributed by atoms with Crippen molar-refractivity contribution < 1.29 is 9.21 Å². The van der Waals surface area contributed by atoms with Gasteiger partial charge in [0.15, 0.2) is 0 Å². The second-order valence-corrected chi connectivity index (χ2v) is 7.04. The van der Waals surface area contributed by atoms with E-state index in [1.807, 2.05) is 55.4 Å². The van der Waals surface area contributed by atoms with E-state index >= 15 is 0 Å². The minimum Gasteiger partial charge on any atom is -0.468 e. The summed E-state index contributed by atoms with van der Waals surface area (Å²) in [7, 11) is 3.97. The van der Waals surface area contributed by atoms with Gasteiger partial charge in [0.05, 0.1) is 18.2 Å². The van der Waals surface area contributed by atoms with Gasteiger partial charge in [-0.2, -0.15) is 0 Å². The maximum absolute atomic E-state index is 12.8. The molecule has 2 aromatic rings. The van der Waals surface area contributed by atoms with Crippen molar-refractivity contribution in [1.29, 1.82) is 0 Å². The lowest BCUT2D eigenvalue weighted by molar-refractivity contribution is -0.123. The van der Waals surface area contributed by atoms with E-state index in [9.17, 15) is 4.79 Å². The van der Waals surface area contributed by atoms with E-state index in [0.29, 0.717) is 17.5 Å². The second kappa shape index (κ2) is 7.41. The van der Waals surface area contributed by atoms with E-state index in [-0.39, 0.29) is 17.9 Å². The Morgan fingerprint density at radius 2 is 2.00 bits per heavy atom. The van der Waals surface area contributed by atoms with Gasteiger partial charge in [0.25, 0.3) is 0 Å². The van der Waals surface area contributed by atoms with Crippen LogP contribution in [0.1, 0.15) is 36.1 Å². The summed E-state index contributed by atoms with van der Waals surface area (Å²) < 4.78 is 5.50. The number of benzene rings is 1. The lowest BCUT2D eigenvalue weighted by Crippen LogP contribution is -2.37. The SMILES string of the molecule is CN(C)C(CNC(=O)C(c1ccc(Cl)cc1)C1CC1)c1ccco1. The molecular formula is C19H23ClN2O2. The van der Waals surface area contributed by atoms with Gasteiger partial charge in [0.1, 0.15) is 5.76 Å². The van der Waals surface area contributed by atoms with Gasteiger partial charge in [-0.05, 0) is 62.7 Å². The zero-order chi connectivity index (χ0) is 17.1. The quantitative estimate of drug-likeness (QED) is 0.828. The molecule has 1 aromatic heterocycles. The number of nitrogens with zero attached hydrogens (tertiary/aromatic N) is 1. The van der Waals surface area contributed by atoms with Crippen LogP contribution >= 0.6 is 11.6 Å². The Morgan fingerprint density at radius 1 is 1.29 bits per heavy atom. The van der Waals surface area contributed by atoms with Gasteiger partial charge in [-0.1, -0.05) is 23.7 Å². The smallest absolute Gasteiger partial charge is 0.227 e. The van der Waals surface area contributed by atoms with E-state index in [1.54, 1.807) is 6.26 Å². The molecular weight excluding hydrogens is 324 g/mol. The molecule has 1 N–H and O–H groups in total. The largest absolute Gasteiger partial charge is 0.468 e. The highest BCUT2D eigenvalue weighted by molar-refractivity contribution is 6.30. The van der Waals surface area contributed by atoms with E-state index in [4.69, 9.17) is 16.0 Å². The third kappa shape index (κ3) is 4.00. The highest BCUT2D eigenvalue weighted by Crippen LogP contribution is 2.43. The molecule has 24 heavy (non-hydrogen) atoms. The van der Waals surface area contributed by atoms with Crippen molar-refractivity contribution in [2.45, 2.75) is 24.8 Å². The summed E-state index contributed by atoms with van der Waals surface area (Å²) in [5.74, 6) is 1.28. The van der Waals surface area contributed by atoms with Crippen molar-refractivity contribution in [2.24, 2.45) is 5.92 Å². The van der Waals surface area contributed by atoms with Crippen LogP contribution < -0.4 is 5.32 Å². The first-order valence-corrected chi connectivity index (χ1v) is 8.67. The van der Waals surface area contributed by atoms with Crippen LogP contribution in [0.15, 0.2) is 47.1 Å². The summed E-state index contributed by atoms with van der Waals surface area (Å²) in [6.45, 7) is 0.524. The van der Waals surface area contributed by atoms with Crippen molar-refractivity contribution in [3.05, 3.63) is 59.0 Å². The van der Waals surface area contributed by atoms with Crippen LogP contribution in [0.4, 0.5) is 0 Å². The Labute approximate surface area is 147 Å². The van der Waals surface area contributed by atoms with Gasteiger partial charge in [-0.3, -0.25) is 9.69 Å². The van der Waals surface area contributed by atoms with Crippen LogP contribution in [0.25, 0.3) is 0 Å². The Bertz CT molecular complexity index is 663. The number of rotatable bonds is 7. The van der Waals surface area contributed by atoms with Crippen LogP contribution in [0.3, 0.4) is 0 Å². The summed E-state index contributed by atoms with van der Waals surface area (Å²) in [6, 6.07) is 11.5. The number of nitrogens with one attached hydrogen (secondary N) is 1. The lowest BCUT2D eigenvalue weighted by atomic mass is 9.93. The predicted molar refractivity (Wildman–Crippen MR) is 95.1 cm³/mol. The summed E-state index contributed by atoms with van der Waals surface area (Å²) in [5.41, 5.74) is 1.04. The molecule has 128 valence electrons. The summed E-state index contributed by atoms with van der Waals surface area (Å²) in [6.07, 6.45) is 3.88. The Hall–Kier alpha value is -1.78. The zero-order valence-electron chi connectivity index (χ0n) is 14.0. The van der Waals surface area contributed by atoms with Crippen molar-refractivity contribution in [3.8, 4) is 0 Å². The molecule has 0 saturated heterocycles. The van der Waals surface area contributed by atoms with Crippen molar-refractivity contribution >= 4 is 17.5 Å². The molecule has 1 saturated carbocycles. The van der Waals surface area contributed by atoms with Gasteiger partial charge in [0.2, 0.25) is 5.91 Å². The molecule has 1 fully saturated rings. The molecule has 2 atom stereocenters. The topological polar surface area (TPSA) is 45.5 Å². The first kappa shape index (κ1) is 17.1. The van der Waals surface area contributed by atoms with Gasteiger partial charge >= 0.3 is 0 Å². The van der Waals surface area contributed by atoms with Crippen LogP contribution in [0.5, 0.6) is 0 Å². The van der Waals surface area contributed by atoms with Crippen LogP contribution in [0, 0.1) is 5.92 Å². The maximum atomic E-state index is 12.8. The minimum absolute atomic E-state index is 0.0222. The minimum atomic E-state index is -0.0957. The third-order valence-corrected chi connectivity index (χ3v) is 4.82. The Kier molecular flexibility index (Phi) is 5.27. The number of likely N-dealkylation sites (N-methyl/N-ethyl adjacent to an activating group) is 1. The fourth-order valence-electron chi connectivity index (χ4n) is 3.06. The number of carbonyl (C=O) groups is 1. The lowest BCUT2D eigenvalue weighted by Gasteiger charge is -2.24. The predicted octanol–water partition coefficient (Wildman–Crippen LogP) is 3.85. The molecule has 1 heterocycles. The third-order valence-electron chi connectivity index (χ3n) is 4.57. The van der Waals surface area contributed by atoms with Crippen LogP contribution in [0.2, 0.25) is 5.02 Å². The van der Waals surface area contributed by atoms with Crippen molar-refractivity contribution in [2.75, 3.05) is 20.6 Å². The van der Waals surface area contributed by atoms with Gasteiger partial charge in [-0.25, -0.2) is 0 Å². The summed E-state index contributed by atoms with van der Waals surface area (Å²) >= 11 is 5.97. The molecule has 1 aliphatic carbocycles. The van der Waals surface area contributed by atoms with Crippen molar-refractivity contribution in [3.63, 3.8) is 0 Å². The van der Waals surface area contributed by atoms with E-state index < -0.39 is 0 Å². The molecule has 1 amide bonds. The number of hydrogen-bond acceptors (Lipinski definition) is 3. The fourth-order valence-corrected chi connectivity index (χ4v) is 3.19. The average molecular weight is 347 g/mol. The van der Waals surface area contributed by atoms with E-state index in [0.717, 1.165) is 24.2 Å². The maximum Gasteiger partial charge on any atom is 0.227 e. The summed E-state index contributed by atoms with van der Waals surface area (Å²) in [5, 5.41) is 3.81. The Morgan fingerprint density at radius 3 is 2.54 bits per heavy atom. The molecule has 0 bridgehead atoms. The van der Waals surface area contributed by atoms with Crippen molar-refractivity contribution in [1.82, 2.24) is 10.2 Å². The molecule has 4 nitrogen and oxygen atoms in total. The number of halogens is 1. The molecule has 1 aliphatic rings. The van der Waals surface area contributed by atoms with Gasteiger partial charge in [0, 0.05) is 11.6 Å². The molecule has 0 spiro atoms. The Balaban J connectivity index is 1.68. The van der Waals surface area contributed by atoms with Gasteiger partial charge < -0.3 is 9.73 Å². The monoisotopic (exact) mass is 346 g/mol. The zero-order valence-corrected chi connectivity index (χ0v) is 14.8. The van der Waals surface area contributed by atoms with Crippen LogP contribution in [-0.2, 0) is 4.79 Å². The highest BCUT2D eigenvalue weighted by atomic mass is 35.5. The number of carbonyl (C=O) groups excluding carboxylic acids is 1. The molecule has 5 heteroatoms. The number of furan rings is 1. The first-order valence-electron chi connectivity index (χ1n) is 8.29. The average Bonchev–Trinajstić information content (AvgIpc) is 3.23. The normalized spacial score (nSPS) is 16.8. The molecule has 0 radical (unpaired) electrons. The molecule has 1 aromatic carbocycles. The summed E-state index contributed by atoms with van der Waals surface area (Å²) in [4.78, 5) is 14.9.